The minimum atomic E-state index is -4.51. The molecule has 12 heteroatoms. The fourth-order valence-corrected chi connectivity index (χ4v) is 3.34. The second-order valence-corrected chi connectivity index (χ2v) is 7.48. The van der Waals surface area contributed by atoms with Gasteiger partial charge in [-0.05, 0) is 42.0 Å². The van der Waals surface area contributed by atoms with Crippen molar-refractivity contribution in [3.63, 3.8) is 0 Å². The van der Waals surface area contributed by atoms with Gasteiger partial charge in [0, 0.05) is 23.6 Å². The van der Waals surface area contributed by atoms with E-state index in [1.54, 1.807) is 35.1 Å². The van der Waals surface area contributed by atoms with E-state index in [1.807, 2.05) is 18.3 Å². The molecule has 2 aromatic carbocycles. The van der Waals surface area contributed by atoms with E-state index in [9.17, 15) is 18.0 Å². The van der Waals surface area contributed by atoms with Crippen molar-refractivity contribution in [1.82, 2.24) is 24.6 Å². The van der Waals surface area contributed by atoms with Crippen LogP contribution in [0, 0.1) is 0 Å². The molecule has 2 N–H and O–H groups in total. The fourth-order valence-electron chi connectivity index (χ4n) is 3.34. The van der Waals surface area contributed by atoms with E-state index in [0.29, 0.717) is 5.75 Å². The lowest BCUT2D eigenvalue weighted by molar-refractivity contribution is -0.137. The zero-order valence-electron chi connectivity index (χ0n) is 18.3. The molecule has 0 atom stereocenters. The number of urea groups is 1. The van der Waals surface area contributed by atoms with Crippen LogP contribution in [0.15, 0.2) is 85.6 Å². The number of nitrogens with zero attached hydrogens (tertiary/aromatic N) is 5. The van der Waals surface area contributed by atoms with E-state index in [4.69, 9.17) is 4.74 Å². The van der Waals surface area contributed by atoms with Crippen LogP contribution < -0.4 is 15.4 Å². The third-order valence-electron chi connectivity index (χ3n) is 4.99. The van der Waals surface area contributed by atoms with Crippen LogP contribution in [0.2, 0.25) is 0 Å². The molecule has 180 valence electrons. The summed E-state index contributed by atoms with van der Waals surface area (Å²) < 4.78 is 45.8. The maximum absolute atomic E-state index is 12.8. The summed E-state index contributed by atoms with van der Waals surface area (Å²) in [6, 6.07) is 12.6. The van der Waals surface area contributed by atoms with Crippen LogP contribution in [0.4, 0.5) is 29.3 Å². The Balaban J connectivity index is 1.20. The molecule has 0 aliphatic carbocycles. The molecule has 0 saturated heterocycles. The largest absolute Gasteiger partial charge is 0.424 e. The van der Waals surface area contributed by atoms with Crippen LogP contribution in [0.1, 0.15) is 5.56 Å². The Morgan fingerprint density at radius 2 is 1.64 bits per heavy atom. The van der Waals surface area contributed by atoms with Crippen molar-refractivity contribution in [3.05, 3.63) is 91.1 Å². The summed E-state index contributed by atoms with van der Waals surface area (Å²) in [5.74, 6) is 0.492. The van der Waals surface area contributed by atoms with Crippen molar-refractivity contribution in [2.45, 2.75) is 6.18 Å². The third kappa shape index (κ3) is 5.06. The summed E-state index contributed by atoms with van der Waals surface area (Å²) in [5, 5.41) is 9.06. The molecule has 0 spiro atoms. The van der Waals surface area contributed by atoms with Gasteiger partial charge in [-0.3, -0.25) is 0 Å². The van der Waals surface area contributed by atoms with Gasteiger partial charge in [-0.2, -0.15) is 18.3 Å². The van der Waals surface area contributed by atoms with Crippen molar-refractivity contribution in [3.8, 4) is 22.9 Å². The Morgan fingerprint density at radius 3 is 2.39 bits per heavy atom. The van der Waals surface area contributed by atoms with Crippen molar-refractivity contribution in [2.75, 3.05) is 10.6 Å². The van der Waals surface area contributed by atoms with Gasteiger partial charge in [-0.25, -0.2) is 24.3 Å². The molecular weight excluding hydrogens is 475 g/mol. The highest BCUT2D eigenvalue weighted by Gasteiger charge is 2.30. The van der Waals surface area contributed by atoms with Gasteiger partial charge >= 0.3 is 18.2 Å². The number of anilines is 2. The molecule has 0 aliphatic rings. The lowest BCUT2D eigenvalue weighted by Gasteiger charge is -2.11. The van der Waals surface area contributed by atoms with Crippen LogP contribution in [0.25, 0.3) is 16.8 Å². The maximum Gasteiger partial charge on any atom is 0.416 e. The van der Waals surface area contributed by atoms with E-state index in [-0.39, 0.29) is 17.4 Å². The van der Waals surface area contributed by atoms with Crippen LogP contribution >= 0.6 is 0 Å². The number of carbonyl (C=O) groups is 1. The van der Waals surface area contributed by atoms with Gasteiger partial charge in [0.2, 0.25) is 0 Å². The Kier molecular flexibility index (Phi) is 5.90. The summed E-state index contributed by atoms with van der Waals surface area (Å²) in [6.45, 7) is 0. The number of nitrogens with one attached hydrogen (secondary N) is 2. The van der Waals surface area contributed by atoms with Crippen LogP contribution in [-0.2, 0) is 6.18 Å². The number of benzene rings is 2. The highest BCUT2D eigenvalue weighted by molar-refractivity contribution is 5.99. The Hall–Kier alpha value is -5.00. The summed E-state index contributed by atoms with van der Waals surface area (Å²) in [5.41, 5.74) is 1.86. The smallest absolute Gasteiger partial charge is 0.416 e. The number of carbonyl (C=O) groups excluding carboxylic acids is 1. The number of fused-ring (bicyclic) bond motifs is 1. The van der Waals surface area contributed by atoms with E-state index in [2.05, 4.69) is 30.7 Å². The molecule has 0 unspecified atom stereocenters. The van der Waals surface area contributed by atoms with Gasteiger partial charge in [0.05, 0.1) is 29.8 Å². The zero-order valence-corrected chi connectivity index (χ0v) is 18.3. The van der Waals surface area contributed by atoms with E-state index >= 15 is 0 Å². The molecular formula is C24H16F3N7O2. The number of aromatic nitrogens is 5. The van der Waals surface area contributed by atoms with Crippen molar-refractivity contribution in [1.29, 1.82) is 0 Å². The summed E-state index contributed by atoms with van der Waals surface area (Å²) in [7, 11) is 0. The zero-order chi connectivity index (χ0) is 25.1. The molecule has 0 fully saturated rings. The van der Waals surface area contributed by atoms with Crippen molar-refractivity contribution >= 4 is 23.1 Å². The van der Waals surface area contributed by atoms with E-state index < -0.39 is 17.8 Å². The van der Waals surface area contributed by atoms with E-state index in [0.717, 1.165) is 28.9 Å². The SMILES string of the molecule is O=C(Nc1cnc(Oc2ccc(-c3cnn4cccnc34)cc2)nc1)Nc1cccc(C(F)(F)F)c1. The average molecular weight is 491 g/mol. The van der Waals surface area contributed by atoms with Gasteiger partial charge in [0.15, 0.2) is 5.65 Å². The Morgan fingerprint density at radius 1 is 0.889 bits per heavy atom. The molecule has 3 aromatic heterocycles. The molecule has 0 aliphatic heterocycles. The highest BCUT2D eigenvalue weighted by atomic mass is 19.4. The third-order valence-corrected chi connectivity index (χ3v) is 4.99. The van der Waals surface area contributed by atoms with Gasteiger partial charge < -0.3 is 15.4 Å². The van der Waals surface area contributed by atoms with Gasteiger partial charge in [-0.1, -0.05) is 18.2 Å². The fraction of sp³-hybridized carbons (Fsp3) is 0.0417. The molecule has 5 rings (SSSR count). The topological polar surface area (TPSA) is 106 Å². The number of hydrogen-bond donors (Lipinski definition) is 2. The maximum atomic E-state index is 12.8. The molecule has 2 amide bonds. The first-order valence-corrected chi connectivity index (χ1v) is 10.5. The number of ether oxygens (including phenoxy) is 1. The van der Waals surface area contributed by atoms with Crippen LogP contribution in [-0.4, -0.2) is 30.6 Å². The van der Waals surface area contributed by atoms with Crippen molar-refractivity contribution in [2.24, 2.45) is 0 Å². The molecule has 9 nitrogen and oxygen atoms in total. The molecule has 0 saturated carbocycles. The van der Waals surface area contributed by atoms with Crippen molar-refractivity contribution < 1.29 is 22.7 Å². The molecule has 3 heterocycles. The predicted octanol–water partition coefficient (Wildman–Crippen LogP) is 5.64. The standard InChI is InChI=1S/C24H16F3N7O2/c25-24(26,27)16-3-1-4-17(11-16)32-22(35)33-18-12-29-23(30-13-18)36-19-7-5-15(6-8-19)20-14-31-34-10-2-9-28-21(20)34/h1-14H,(H2,32,33,35). The molecule has 0 radical (unpaired) electrons. The number of alkyl halides is 3. The summed E-state index contributed by atoms with van der Waals surface area (Å²) in [4.78, 5) is 24.6. The first kappa shape index (κ1) is 22.8. The first-order valence-electron chi connectivity index (χ1n) is 10.5. The molecule has 36 heavy (non-hydrogen) atoms. The highest BCUT2D eigenvalue weighted by Crippen LogP contribution is 2.31. The van der Waals surface area contributed by atoms with E-state index in [1.165, 1.54) is 24.5 Å². The Labute approximate surface area is 201 Å². The van der Waals surface area contributed by atoms with Gasteiger partial charge in [0.25, 0.3) is 0 Å². The predicted molar refractivity (Wildman–Crippen MR) is 125 cm³/mol. The normalized spacial score (nSPS) is 11.3. The minimum absolute atomic E-state index is 0.00783. The van der Waals surface area contributed by atoms with Gasteiger partial charge in [0.1, 0.15) is 5.75 Å². The van der Waals surface area contributed by atoms with Gasteiger partial charge in [-0.15, -0.1) is 0 Å². The molecule has 5 aromatic rings. The first-order chi connectivity index (χ1) is 17.3. The minimum Gasteiger partial charge on any atom is -0.424 e. The number of halogens is 3. The summed E-state index contributed by atoms with van der Waals surface area (Å²) in [6.07, 6.45) is 3.36. The second-order valence-electron chi connectivity index (χ2n) is 7.48. The Bertz CT molecular complexity index is 1520. The number of rotatable bonds is 5. The second kappa shape index (κ2) is 9.33. The summed E-state index contributed by atoms with van der Waals surface area (Å²) >= 11 is 0. The van der Waals surface area contributed by atoms with Crippen LogP contribution in [0.3, 0.4) is 0 Å². The average Bonchev–Trinajstić information content (AvgIpc) is 3.30. The number of amides is 2. The number of hydrogen-bond acceptors (Lipinski definition) is 6. The van der Waals surface area contributed by atoms with Crippen LogP contribution in [0.5, 0.6) is 11.8 Å². The molecule has 0 bridgehead atoms. The monoisotopic (exact) mass is 491 g/mol. The lowest BCUT2D eigenvalue weighted by atomic mass is 10.1. The lowest BCUT2D eigenvalue weighted by Crippen LogP contribution is -2.20. The quantitative estimate of drug-likeness (QED) is 0.330.